The number of nitrogen functional groups attached to an aromatic ring is 1. The lowest BCUT2D eigenvalue weighted by Gasteiger charge is -2.07. The Labute approximate surface area is 121 Å². The highest BCUT2D eigenvalue weighted by Gasteiger charge is 2.14. The number of anilines is 1. The van der Waals surface area contributed by atoms with Crippen molar-refractivity contribution >= 4 is 16.5 Å². The van der Waals surface area contributed by atoms with E-state index in [0.717, 1.165) is 22.0 Å². The first-order valence-corrected chi connectivity index (χ1v) is 7.09. The summed E-state index contributed by atoms with van der Waals surface area (Å²) in [6.45, 7) is 6.23. The fourth-order valence-corrected chi connectivity index (χ4v) is 2.75. The number of hydrogen-bond donors (Lipinski definition) is 1. The first kappa shape index (κ1) is 12.8. The van der Waals surface area contributed by atoms with Gasteiger partial charge in [-0.2, -0.15) is 5.10 Å². The molecule has 2 heterocycles. The number of benzene rings is 1. The maximum absolute atomic E-state index is 5.64. The Kier molecular flexibility index (Phi) is 3.02. The first-order chi connectivity index (χ1) is 9.56. The van der Waals surface area contributed by atoms with Gasteiger partial charge in [-0.25, -0.2) is 4.68 Å². The van der Waals surface area contributed by atoms with Crippen molar-refractivity contribution in [3.63, 3.8) is 0 Å². The van der Waals surface area contributed by atoms with Crippen molar-refractivity contribution < 1.29 is 0 Å². The molecule has 0 amide bonds. The summed E-state index contributed by atoms with van der Waals surface area (Å²) in [5.74, 6) is 0. The van der Waals surface area contributed by atoms with Crippen LogP contribution in [-0.2, 0) is 0 Å². The highest BCUT2D eigenvalue weighted by molar-refractivity contribution is 7.18. The molecule has 6 heteroatoms. The Bertz CT molecular complexity index is 772. The minimum Gasteiger partial charge on any atom is -0.374 e. The third-order valence-electron chi connectivity index (χ3n) is 3.42. The van der Waals surface area contributed by atoms with E-state index in [9.17, 15) is 0 Å². The van der Waals surface area contributed by atoms with Gasteiger partial charge in [0.15, 0.2) is 5.01 Å². The Morgan fingerprint density at radius 2 is 1.90 bits per heavy atom. The highest BCUT2D eigenvalue weighted by atomic mass is 32.1. The van der Waals surface area contributed by atoms with Gasteiger partial charge in [-0.15, -0.1) is 10.2 Å². The van der Waals surface area contributed by atoms with Gasteiger partial charge < -0.3 is 5.73 Å². The second-order valence-corrected chi connectivity index (χ2v) is 5.78. The van der Waals surface area contributed by atoms with Crippen LogP contribution in [0.4, 0.5) is 5.13 Å². The van der Waals surface area contributed by atoms with Crippen molar-refractivity contribution in [3.05, 3.63) is 41.2 Å². The second kappa shape index (κ2) is 4.72. The summed E-state index contributed by atoms with van der Waals surface area (Å²) in [5.41, 5.74) is 11.2. The van der Waals surface area contributed by atoms with Crippen molar-refractivity contribution in [3.8, 4) is 16.3 Å². The minimum absolute atomic E-state index is 0.471. The molecule has 3 rings (SSSR count). The summed E-state index contributed by atoms with van der Waals surface area (Å²) in [6, 6.07) is 6.31. The van der Waals surface area contributed by atoms with E-state index in [0.29, 0.717) is 5.13 Å². The number of hydrogen-bond acceptors (Lipinski definition) is 5. The number of nitrogens with two attached hydrogens (primary N) is 1. The molecule has 2 N–H and O–H groups in total. The predicted octanol–water partition coefficient (Wildman–Crippen LogP) is 2.90. The molecule has 0 radical (unpaired) electrons. The molecule has 0 aliphatic heterocycles. The molecule has 0 aliphatic carbocycles. The molecule has 0 bridgehead atoms. The van der Waals surface area contributed by atoms with Crippen molar-refractivity contribution in [1.82, 2.24) is 20.0 Å². The molecule has 2 aromatic heterocycles. The van der Waals surface area contributed by atoms with E-state index in [1.165, 1.54) is 22.5 Å². The molecule has 3 aromatic rings. The van der Waals surface area contributed by atoms with Crippen LogP contribution in [0.3, 0.4) is 0 Å². The SMILES string of the molecule is Cc1ccc(-n2ncc(-c3nnc(N)s3)c2C)cc1C. The molecule has 0 saturated heterocycles. The van der Waals surface area contributed by atoms with E-state index in [2.05, 4.69) is 47.3 Å². The number of aryl methyl sites for hydroxylation is 2. The van der Waals surface area contributed by atoms with Gasteiger partial charge in [-0.1, -0.05) is 17.4 Å². The molecule has 20 heavy (non-hydrogen) atoms. The van der Waals surface area contributed by atoms with Crippen molar-refractivity contribution in [2.75, 3.05) is 5.73 Å². The van der Waals surface area contributed by atoms with Gasteiger partial charge in [0.2, 0.25) is 5.13 Å². The number of rotatable bonds is 2. The van der Waals surface area contributed by atoms with Crippen LogP contribution in [0.2, 0.25) is 0 Å². The topological polar surface area (TPSA) is 69.6 Å². The van der Waals surface area contributed by atoms with Crippen molar-refractivity contribution in [2.24, 2.45) is 0 Å². The lowest BCUT2D eigenvalue weighted by Crippen LogP contribution is -1.99. The van der Waals surface area contributed by atoms with Crippen molar-refractivity contribution in [1.29, 1.82) is 0 Å². The maximum Gasteiger partial charge on any atom is 0.203 e. The summed E-state index contributed by atoms with van der Waals surface area (Å²) in [5, 5.41) is 13.7. The van der Waals surface area contributed by atoms with Crippen molar-refractivity contribution in [2.45, 2.75) is 20.8 Å². The van der Waals surface area contributed by atoms with Gasteiger partial charge in [0, 0.05) is 0 Å². The van der Waals surface area contributed by atoms with E-state index in [-0.39, 0.29) is 0 Å². The minimum atomic E-state index is 0.471. The van der Waals surface area contributed by atoms with E-state index >= 15 is 0 Å². The standard InChI is InChI=1S/C14H15N5S/c1-8-4-5-11(6-9(8)2)19-10(3)12(7-16-19)13-17-18-14(15)20-13/h4-7H,1-3H3,(H2,15,18). The highest BCUT2D eigenvalue weighted by Crippen LogP contribution is 2.28. The molecule has 0 fully saturated rings. The average molecular weight is 285 g/mol. The van der Waals surface area contributed by atoms with Crippen LogP contribution >= 0.6 is 11.3 Å². The van der Waals surface area contributed by atoms with Gasteiger partial charge in [0.05, 0.1) is 23.1 Å². The van der Waals surface area contributed by atoms with Crippen LogP contribution in [0.15, 0.2) is 24.4 Å². The lowest BCUT2D eigenvalue weighted by molar-refractivity contribution is 0.845. The van der Waals surface area contributed by atoms with Crippen LogP contribution < -0.4 is 5.73 Å². The fourth-order valence-electron chi connectivity index (χ4n) is 2.08. The number of nitrogens with zero attached hydrogens (tertiary/aromatic N) is 4. The summed E-state index contributed by atoms with van der Waals surface area (Å²) < 4.78 is 1.92. The quantitative estimate of drug-likeness (QED) is 0.786. The molecular weight excluding hydrogens is 270 g/mol. The summed E-state index contributed by atoms with van der Waals surface area (Å²) in [7, 11) is 0. The second-order valence-electron chi connectivity index (χ2n) is 4.77. The van der Waals surface area contributed by atoms with E-state index in [4.69, 9.17) is 5.73 Å². The zero-order valence-corrected chi connectivity index (χ0v) is 12.4. The average Bonchev–Trinajstić information content (AvgIpc) is 2.99. The predicted molar refractivity (Wildman–Crippen MR) is 81.1 cm³/mol. The number of aromatic nitrogens is 4. The van der Waals surface area contributed by atoms with Crippen LogP contribution in [0.1, 0.15) is 16.8 Å². The van der Waals surface area contributed by atoms with Gasteiger partial charge in [0.25, 0.3) is 0 Å². The Morgan fingerprint density at radius 3 is 2.55 bits per heavy atom. The lowest BCUT2D eigenvalue weighted by atomic mass is 10.1. The van der Waals surface area contributed by atoms with Gasteiger partial charge in [-0.05, 0) is 44.0 Å². The van der Waals surface area contributed by atoms with E-state index in [1.54, 1.807) is 0 Å². The maximum atomic E-state index is 5.64. The van der Waals surface area contributed by atoms with Gasteiger partial charge >= 0.3 is 0 Å². The largest absolute Gasteiger partial charge is 0.374 e. The normalized spacial score (nSPS) is 10.9. The Morgan fingerprint density at radius 1 is 1.10 bits per heavy atom. The zero-order chi connectivity index (χ0) is 14.3. The first-order valence-electron chi connectivity index (χ1n) is 6.28. The van der Waals surface area contributed by atoms with Gasteiger partial charge in [0.1, 0.15) is 0 Å². The van der Waals surface area contributed by atoms with Crippen LogP contribution in [0.5, 0.6) is 0 Å². The van der Waals surface area contributed by atoms with E-state index < -0.39 is 0 Å². The molecule has 0 atom stereocenters. The van der Waals surface area contributed by atoms with Crippen LogP contribution in [0.25, 0.3) is 16.3 Å². The molecule has 102 valence electrons. The van der Waals surface area contributed by atoms with Gasteiger partial charge in [-0.3, -0.25) is 0 Å². The fraction of sp³-hybridized carbons (Fsp3) is 0.214. The Balaban J connectivity index is 2.08. The smallest absolute Gasteiger partial charge is 0.203 e. The summed E-state index contributed by atoms with van der Waals surface area (Å²) in [4.78, 5) is 0. The monoisotopic (exact) mass is 285 g/mol. The van der Waals surface area contributed by atoms with Crippen LogP contribution in [0, 0.1) is 20.8 Å². The molecule has 0 aliphatic rings. The summed E-state index contributed by atoms with van der Waals surface area (Å²) >= 11 is 1.37. The molecule has 0 spiro atoms. The third kappa shape index (κ3) is 2.08. The Hall–Kier alpha value is -2.21. The molecule has 5 nitrogen and oxygen atoms in total. The molecular formula is C14H15N5S. The third-order valence-corrected chi connectivity index (χ3v) is 4.20. The van der Waals surface area contributed by atoms with Crippen LogP contribution in [-0.4, -0.2) is 20.0 Å². The zero-order valence-electron chi connectivity index (χ0n) is 11.6. The van der Waals surface area contributed by atoms with E-state index in [1.807, 2.05) is 17.8 Å². The molecule has 1 aromatic carbocycles. The molecule has 0 saturated carbocycles. The summed E-state index contributed by atoms with van der Waals surface area (Å²) in [6.07, 6.45) is 1.81. The molecule has 0 unspecified atom stereocenters.